The first-order chi connectivity index (χ1) is 12.3. The molecular weight excluding hydrogens is 316 g/mol. The maximum Gasteiger partial charge on any atom is 0.254 e. The number of hydrogen-bond acceptors (Lipinski definition) is 4. The molecule has 1 amide bonds. The SMILES string of the molecule is O=C(c1ccc(Oc2cccnc2)cc1)N1CCOC2CCCCC21. The maximum absolute atomic E-state index is 12.9. The Morgan fingerprint density at radius 1 is 1.12 bits per heavy atom. The highest BCUT2D eigenvalue weighted by atomic mass is 16.5. The summed E-state index contributed by atoms with van der Waals surface area (Å²) in [6.45, 7) is 1.31. The summed E-state index contributed by atoms with van der Waals surface area (Å²) in [6, 6.07) is 11.2. The number of fused-ring (bicyclic) bond motifs is 1. The smallest absolute Gasteiger partial charge is 0.254 e. The topological polar surface area (TPSA) is 51.7 Å². The largest absolute Gasteiger partial charge is 0.456 e. The summed E-state index contributed by atoms with van der Waals surface area (Å²) in [5.74, 6) is 1.47. The third-order valence-electron chi connectivity index (χ3n) is 4.96. The summed E-state index contributed by atoms with van der Waals surface area (Å²) in [7, 11) is 0. The molecule has 0 bridgehead atoms. The molecule has 4 rings (SSSR count). The van der Waals surface area contributed by atoms with E-state index in [4.69, 9.17) is 9.47 Å². The van der Waals surface area contributed by atoms with E-state index in [0.717, 1.165) is 12.8 Å². The number of amides is 1. The molecule has 1 aromatic carbocycles. The van der Waals surface area contributed by atoms with E-state index in [0.29, 0.717) is 30.2 Å². The van der Waals surface area contributed by atoms with Crippen molar-refractivity contribution in [1.82, 2.24) is 9.88 Å². The monoisotopic (exact) mass is 338 g/mol. The minimum atomic E-state index is 0.0909. The number of carbonyl (C=O) groups excluding carboxylic acids is 1. The summed E-state index contributed by atoms with van der Waals surface area (Å²) >= 11 is 0. The summed E-state index contributed by atoms with van der Waals surface area (Å²) in [5.41, 5.74) is 0.699. The van der Waals surface area contributed by atoms with E-state index in [1.165, 1.54) is 12.8 Å². The van der Waals surface area contributed by atoms with Gasteiger partial charge in [-0.25, -0.2) is 0 Å². The van der Waals surface area contributed by atoms with Crippen LogP contribution in [0.4, 0.5) is 0 Å². The van der Waals surface area contributed by atoms with Gasteiger partial charge in [0.1, 0.15) is 11.5 Å². The third kappa shape index (κ3) is 3.51. The Morgan fingerprint density at radius 3 is 2.76 bits per heavy atom. The van der Waals surface area contributed by atoms with Gasteiger partial charge in [0.2, 0.25) is 0 Å². The molecule has 2 atom stereocenters. The van der Waals surface area contributed by atoms with Crippen LogP contribution in [0.5, 0.6) is 11.5 Å². The van der Waals surface area contributed by atoms with Crippen LogP contribution < -0.4 is 4.74 Å². The van der Waals surface area contributed by atoms with Crippen LogP contribution in [0.2, 0.25) is 0 Å². The molecule has 1 aliphatic heterocycles. The van der Waals surface area contributed by atoms with Crippen molar-refractivity contribution in [3.8, 4) is 11.5 Å². The maximum atomic E-state index is 12.9. The fourth-order valence-corrected chi connectivity index (χ4v) is 3.72. The molecule has 1 aliphatic carbocycles. The van der Waals surface area contributed by atoms with E-state index in [2.05, 4.69) is 4.98 Å². The quantitative estimate of drug-likeness (QED) is 0.857. The highest BCUT2D eigenvalue weighted by Crippen LogP contribution is 2.30. The zero-order valence-corrected chi connectivity index (χ0v) is 14.1. The van der Waals surface area contributed by atoms with E-state index in [1.54, 1.807) is 12.4 Å². The minimum absolute atomic E-state index is 0.0909. The van der Waals surface area contributed by atoms with Crippen molar-refractivity contribution in [3.63, 3.8) is 0 Å². The molecule has 2 heterocycles. The van der Waals surface area contributed by atoms with Gasteiger partial charge in [-0.15, -0.1) is 0 Å². The lowest BCUT2D eigenvalue weighted by atomic mass is 9.89. The number of rotatable bonds is 3. The summed E-state index contributed by atoms with van der Waals surface area (Å²) in [5, 5.41) is 0. The van der Waals surface area contributed by atoms with Gasteiger partial charge >= 0.3 is 0 Å². The van der Waals surface area contributed by atoms with Gasteiger partial charge in [0.05, 0.1) is 24.9 Å². The van der Waals surface area contributed by atoms with Crippen LogP contribution in [0.1, 0.15) is 36.0 Å². The Kier molecular flexibility index (Phi) is 4.65. The summed E-state index contributed by atoms with van der Waals surface area (Å²) in [6.07, 6.45) is 8.05. The van der Waals surface area contributed by atoms with Crippen LogP contribution in [-0.4, -0.2) is 41.1 Å². The summed E-state index contributed by atoms with van der Waals surface area (Å²) < 4.78 is 11.6. The second-order valence-corrected chi connectivity index (χ2v) is 6.57. The Hall–Kier alpha value is -2.40. The van der Waals surface area contributed by atoms with Crippen LogP contribution >= 0.6 is 0 Å². The second-order valence-electron chi connectivity index (χ2n) is 6.57. The molecule has 1 saturated heterocycles. The zero-order valence-electron chi connectivity index (χ0n) is 14.1. The average molecular weight is 338 g/mol. The molecular formula is C20H22N2O3. The molecule has 5 heteroatoms. The van der Waals surface area contributed by atoms with Crippen molar-refractivity contribution < 1.29 is 14.3 Å². The van der Waals surface area contributed by atoms with Crippen LogP contribution in [-0.2, 0) is 4.74 Å². The first kappa shape index (κ1) is 16.1. The van der Waals surface area contributed by atoms with Gasteiger partial charge in [-0.2, -0.15) is 0 Å². The Bertz CT molecular complexity index is 715. The fourth-order valence-electron chi connectivity index (χ4n) is 3.72. The Morgan fingerprint density at radius 2 is 1.96 bits per heavy atom. The standard InChI is InChI=1S/C20H22N2O3/c23-20(22-12-13-24-19-6-2-1-5-18(19)22)15-7-9-16(10-8-15)25-17-4-3-11-21-14-17/h3-4,7-11,14,18-19H,1-2,5-6,12-13H2. The Balaban J connectivity index is 1.46. The van der Waals surface area contributed by atoms with Gasteiger partial charge in [-0.05, 0) is 49.2 Å². The lowest BCUT2D eigenvalue weighted by molar-refractivity contribution is -0.0752. The fraction of sp³-hybridized carbons (Fsp3) is 0.400. The number of ether oxygens (including phenoxy) is 2. The molecule has 0 N–H and O–H groups in total. The Labute approximate surface area is 147 Å². The second kappa shape index (κ2) is 7.23. The molecule has 2 aromatic rings. The number of pyridine rings is 1. The van der Waals surface area contributed by atoms with Crippen molar-refractivity contribution in [3.05, 3.63) is 54.4 Å². The van der Waals surface area contributed by atoms with Gasteiger partial charge in [-0.1, -0.05) is 12.8 Å². The van der Waals surface area contributed by atoms with Crippen molar-refractivity contribution in [2.24, 2.45) is 0 Å². The van der Waals surface area contributed by atoms with Gasteiger partial charge in [0.25, 0.3) is 5.91 Å². The molecule has 130 valence electrons. The van der Waals surface area contributed by atoms with E-state index < -0.39 is 0 Å². The van der Waals surface area contributed by atoms with Gasteiger partial charge in [0, 0.05) is 18.3 Å². The number of morpholine rings is 1. The van der Waals surface area contributed by atoms with Crippen molar-refractivity contribution >= 4 is 5.91 Å². The molecule has 2 aliphatic rings. The highest BCUT2D eigenvalue weighted by molar-refractivity contribution is 5.94. The van der Waals surface area contributed by atoms with E-state index in [1.807, 2.05) is 41.3 Å². The lowest BCUT2D eigenvalue weighted by Gasteiger charge is -2.43. The predicted octanol–water partition coefficient (Wildman–Crippen LogP) is 3.66. The number of carbonyl (C=O) groups is 1. The van der Waals surface area contributed by atoms with Crippen molar-refractivity contribution in [2.45, 2.75) is 37.8 Å². The molecule has 25 heavy (non-hydrogen) atoms. The molecule has 0 radical (unpaired) electrons. The molecule has 0 spiro atoms. The molecule has 2 unspecified atom stereocenters. The van der Waals surface area contributed by atoms with Crippen LogP contribution in [0.15, 0.2) is 48.8 Å². The number of benzene rings is 1. The zero-order chi connectivity index (χ0) is 17.1. The molecule has 5 nitrogen and oxygen atoms in total. The van der Waals surface area contributed by atoms with E-state index in [9.17, 15) is 4.79 Å². The normalized spacial score (nSPS) is 23.0. The van der Waals surface area contributed by atoms with Crippen LogP contribution in [0.3, 0.4) is 0 Å². The van der Waals surface area contributed by atoms with Crippen molar-refractivity contribution in [2.75, 3.05) is 13.2 Å². The van der Waals surface area contributed by atoms with E-state index >= 15 is 0 Å². The first-order valence-electron chi connectivity index (χ1n) is 8.92. The molecule has 1 saturated carbocycles. The minimum Gasteiger partial charge on any atom is -0.456 e. The summed E-state index contributed by atoms with van der Waals surface area (Å²) in [4.78, 5) is 19.0. The predicted molar refractivity (Wildman–Crippen MR) is 93.8 cm³/mol. The van der Waals surface area contributed by atoms with Gasteiger partial charge in [-0.3, -0.25) is 9.78 Å². The van der Waals surface area contributed by atoms with Crippen LogP contribution in [0.25, 0.3) is 0 Å². The van der Waals surface area contributed by atoms with Crippen molar-refractivity contribution in [1.29, 1.82) is 0 Å². The average Bonchev–Trinajstić information content (AvgIpc) is 2.68. The number of hydrogen-bond donors (Lipinski definition) is 0. The molecule has 2 fully saturated rings. The van der Waals surface area contributed by atoms with Gasteiger partial charge in [0.15, 0.2) is 0 Å². The van der Waals surface area contributed by atoms with Crippen LogP contribution in [0, 0.1) is 0 Å². The number of aromatic nitrogens is 1. The highest BCUT2D eigenvalue weighted by Gasteiger charge is 2.36. The third-order valence-corrected chi connectivity index (χ3v) is 4.96. The molecule has 1 aromatic heterocycles. The first-order valence-corrected chi connectivity index (χ1v) is 8.92. The van der Waals surface area contributed by atoms with Gasteiger partial charge < -0.3 is 14.4 Å². The van der Waals surface area contributed by atoms with E-state index in [-0.39, 0.29) is 18.1 Å². The lowest BCUT2D eigenvalue weighted by Crippen LogP contribution is -2.54. The number of nitrogens with zero attached hydrogens (tertiary/aromatic N) is 2.